The summed E-state index contributed by atoms with van der Waals surface area (Å²) in [4.78, 5) is 24.4. The summed E-state index contributed by atoms with van der Waals surface area (Å²) in [6.45, 7) is 0.264. The van der Waals surface area contributed by atoms with Crippen LogP contribution in [0.25, 0.3) is 10.9 Å². The van der Waals surface area contributed by atoms with E-state index in [2.05, 4.69) is 36.2 Å². The number of aromatic nitrogens is 3. The number of para-hydroxylation sites is 1. The van der Waals surface area contributed by atoms with Crippen molar-refractivity contribution in [2.24, 2.45) is 0 Å². The molecular formula is C15H12BrN5O. The zero-order chi connectivity index (χ0) is 15.5. The van der Waals surface area contributed by atoms with E-state index in [4.69, 9.17) is 5.73 Å². The van der Waals surface area contributed by atoms with E-state index in [9.17, 15) is 4.79 Å². The summed E-state index contributed by atoms with van der Waals surface area (Å²) in [5, 5.41) is 3.78. The standard InChI is InChI=1S/C15H12BrN5O/c16-10-7-9-3-1-2-4-11(9)21-12(10)8-20-15(22)13-14(17)19-6-5-18-13/h1-7H,8H2,(H2,17,19)(H,20,22). The fraction of sp³-hybridized carbons (Fsp3) is 0.0667. The Bertz CT molecular complexity index is 852. The second-order valence-electron chi connectivity index (χ2n) is 4.58. The number of nitrogen functional groups attached to an aromatic ring is 1. The molecule has 0 radical (unpaired) electrons. The van der Waals surface area contributed by atoms with Gasteiger partial charge in [0.1, 0.15) is 0 Å². The van der Waals surface area contributed by atoms with Crippen molar-refractivity contribution in [1.29, 1.82) is 0 Å². The number of rotatable bonds is 3. The maximum absolute atomic E-state index is 12.1. The van der Waals surface area contributed by atoms with E-state index < -0.39 is 0 Å². The van der Waals surface area contributed by atoms with Crippen molar-refractivity contribution in [3.05, 3.63) is 58.6 Å². The van der Waals surface area contributed by atoms with Gasteiger partial charge in [0.15, 0.2) is 11.5 Å². The quantitative estimate of drug-likeness (QED) is 0.749. The Morgan fingerprint density at radius 2 is 2.00 bits per heavy atom. The van der Waals surface area contributed by atoms with Gasteiger partial charge in [0.2, 0.25) is 0 Å². The lowest BCUT2D eigenvalue weighted by atomic mass is 10.2. The van der Waals surface area contributed by atoms with Crippen molar-refractivity contribution >= 4 is 38.6 Å². The maximum Gasteiger partial charge on any atom is 0.274 e. The normalized spacial score (nSPS) is 10.6. The first-order chi connectivity index (χ1) is 10.6. The number of carbonyl (C=O) groups excluding carboxylic acids is 1. The van der Waals surface area contributed by atoms with Gasteiger partial charge in [0, 0.05) is 22.3 Å². The Balaban J connectivity index is 1.80. The number of nitrogens with zero attached hydrogens (tertiary/aromatic N) is 3. The number of anilines is 1. The second kappa shape index (κ2) is 6.07. The molecule has 22 heavy (non-hydrogen) atoms. The third-order valence-electron chi connectivity index (χ3n) is 3.11. The first-order valence-electron chi connectivity index (χ1n) is 6.54. The summed E-state index contributed by atoms with van der Waals surface area (Å²) >= 11 is 3.47. The SMILES string of the molecule is Nc1nccnc1C(=O)NCc1nc2ccccc2cc1Br. The van der Waals surface area contributed by atoms with E-state index >= 15 is 0 Å². The van der Waals surface area contributed by atoms with E-state index in [0.717, 1.165) is 21.1 Å². The van der Waals surface area contributed by atoms with Crippen molar-refractivity contribution in [2.45, 2.75) is 6.54 Å². The first-order valence-corrected chi connectivity index (χ1v) is 7.33. The molecule has 0 bridgehead atoms. The Hall–Kier alpha value is -2.54. The molecule has 0 aliphatic heterocycles. The van der Waals surface area contributed by atoms with Crippen LogP contribution in [0.15, 0.2) is 47.2 Å². The molecule has 1 aromatic carbocycles. The van der Waals surface area contributed by atoms with E-state index in [0.29, 0.717) is 0 Å². The highest BCUT2D eigenvalue weighted by Gasteiger charge is 2.13. The van der Waals surface area contributed by atoms with Gasteiger partial charge in [-0.05, 0) is 28.1 Å². The number of amides is 1. The Kier molecular flexibility index (Phi) is 3.97. The zero-order valence-electron chi connectivity index (χ0n) is 11.5. The van der Waals surface area contributed by atoms with Gasteiger partial charge in [-0.1, -0.05) is 18.2 Å². The fourth-order valence-electron chi connectivity index (χ4n) is 2.03. The molecule has 0 spiro atoms. The lowest BCUT2D eigenvalue weighted by molar-refractivity contribution is 0.0946. The first kappa shape index (κ1) is 14.4. The molecule has 6 nitrogen and oxygen atoms in total. The number of halogens is 1. The summed E-state index contributed by atoms with van der Waals surface area (Å²) in [5.41, 5.74) is 7.35. The summed E-state index contributed by atoms with van der Waals surface area (Å²) in [5.74, 6) is -0.280. The minimum absolute atomic E-state index is 0.102. The molecule has 3 rings (SSSR count). The van der Waals surface area contributed by atoms with E-state index in [1.807, 2.05) is 30.3 Å². The molecular weight excluding hydrogens is 346 g/mol. The molecule has 0 aliphatic carbocycles. The molecule has 2 aromatic heterocycles. The number of pyridine rings is 1. The van der Waals surface area contributed by atoms with Crippen LogP contribution in [0, 0.1) is 0 Å². The van der Waals surface area contributed by atoms with E-state index in [1.54, 1.807) is 0 Å². The number of carbonyl (C=O) groups is 1. The van der Waals surface area contributed by atoms with Crippen molar-refractivity contribution in [3.8, 4) is 0 Å². The molecule has 0 atom stereocenters. The van der Waals surface area contributed by atoms with Gasteiger partial charge < -0.3 is 11.1 Å². The molecule has 0 unspecified atom stereocenters. The monoisotopic (exact) mass is 357 g/mol. The highest BCUT2D eigenvalue weighted by molar-refractivity contribution is 9.10. The minimum Gasteiger partial charge on any atom is -0.382 e. The molecule has 0 fully saturated rings. The van der Waals surface area contributed by atoms with Crippen molar-refractivity contribution in [2.75, 3.05) is 5.73 Å². The van der Waals surface area contributed by atoms with Crippen LogP contribution in [0.4, 0.5) is 5.82 Å². The van der Waals surface area contributed by atoms with Gasteiger partial charge >= 0.3 is 0 Å². The second-order valence-corrected chi connectivity index (χ2v) is 5.44. The van der Waals surface area contributed by atoms with Gasteiger partial charge in [0.25, 0.3) is 5.91 Å². The van der Waals surface area contributed by atoms with Crippen molar-refractivity contribution < 1.29 is 4.79 Å². The van der Waals surface area contributed by atoms with Crippen LogP contribution >= 0.6 is 15.9 Å². The Morgan fingerprint density at radius 1 is 1.23 bits per heavy atom. The summed E-state index contributed by atoms with van der Waals surface area (Å²) < 4.78 is 0.832. The Morgan fingerprint density at radius 3 is 2.82 bits per heavy atom. The summed E-state index contributed by atoms with van der Waals surface area (Å²) in [6.07, 6.45) is 2.86. The van der Waals surface area contributed by atoms with Crippen LogP contribution in [-0.4, -0.2) is 20.9 Å². The maximum atomic E-state index is 12.1. The smallest absolute Gasteiger partial charge is 0.274 e. The van der Waals surface area contributed by atoms with Gasteiger partial charge in [0.05, 0.1) is 17.8 Å². The third kappa shape index (κ3) is 2.89. The summed E-state index contributed by atoms with van der Waals surface area (Å²) in [6, 6.07) is 9.75. The largest absolute Gasteiger partial charge is 0.382 e. The van der Waals surface area contributed by atoms with Crippen molar-refractivity contribution in [1.82, 2.24) is 20.3 Å². The molecule has 7 heteroatoms. The van der Waals surface area contributed by atoms with E-state index in [-0.39, 0.29) is 24.0 Å². The van der Waals surface area contributed by atoms with Gasteiger partial charge in [-0.15, -0.1) is 0 Å². The number of hydrogen-bond acceptors (Lipinski definition) is 5. The van der Waals surface area contributed by atoms with Crippen LogP contribution in [0.2, 0.25) is 0 Å². The lowest BCUT2D eigenvalue weighted by Gasteiger charge is -2.08. The number of benzene rings is 1. The molecule has 110 valence electrons. The number of fused-ring (bicyclic) bond motifs is 1. The predicted octanol–water partition coefficient (Wildman–Crippen LogP) is 2.30. The van der Waals surface area contributed by atoms with E-state index in [1.165, 1.54) is 12.4 Å². The number of nitrogens with one attached hydrogen (secondary N) is 1. The highest BCUT2D eigenvalue weighted by atomic mass is 79.9. The van der Waals surface area contributed by atoms with Gasteiger partial charge in [-0.3, -0.25) is 4.79 Å². The number of nitrogens with two attached hydrogens (primary N) is 1. The molecule has 2 heterocycles. The lowest BCUT2D eigenvalue weighted by Crippen LogP contribution is -2.25. The molecule has 0 saturated carbocycles. The van der Waals surface area contributed by atoms with Crippen LogP contribution in [0.3, 0.4) is 0 Å². The van der Waals surface area contributed by atoms with Crippen LogP contribution in [0.1, 0.15) is 16.2 Å². The van der Waals surface area contributed by atoms with Gasteiger partial charge in [-0.25, -0.2) is 15.0 Å². The molecule has 3 aromatic rings. The van der Waals surface area contributed by atoms with Gasteiger partial charge in [-0.2, -0.15) is 0 Å². The Labute approximate surface area is 134 Å². The topological polar surface area (TPSA) is 93.8 Å². The molecule has 1 amide bonds. The zero-order valence-corrected chi connectivity index (χ0v) is 13.0. The molecule has 0 aliphatic rings. The van der Waals surface area contributed by atoms with Crippen molar-refractivity contribution in [3.63, 3.8) is 0 Å². The molecule has 3 N–H and O–H groups in total. The average molecular weight is 358 g/mol. The highest BCUT2D eigenvalue weighted by Crippen LogP contribution is 2.21. The van der Waals surface area contributed by atoms with Crippen LogP contribution < -0.4 is 11.1 Å². The average Bonchev–Trinajstić information content (AvgIpc) is 2.53. The number of hydrogen-bond donors (Lipinski definition) is 2. The van der Waals surface area contributed by atoms with Crippen LogP contribution in [0.5, 0.6) is 0 Å². The summed E-state index contributed by atoms with van der Waals surface area (Å²) in [7, 11) is 0. The fourth-order valence-corrected chi connectivity index (χ4v) is 2.50. The molecule has 0 saturated heterocycles. The van der Waals surface area contributed by atoms with Crippen LogP contribution in [-0.2, 0) is 6.54 Å². The third-order valence-corrected chi connectivity index (χ3v) is 3.79. The minimum atomic E-state index is -0.382. The predicted molar refractivity (Wildman–Crippen MR) is 87.1 cm³/mol.